The van der Waals surface area contributed by atoms with Gasteiger partial charge in [-0.25, -0.2) is 0 Å². The number of benzene rings is 2. The Morgan fingerprint density at radius 2 is 1.64 bits per heavy atom. The standard InChI is InChI=1S/C31H40N2/c1-9-26(13-10-21(2)3)19-32-29-18-30(27-14-11-22(4)24(6)16-27)31(33(8)20-29)28-15-12-23(5)25(7)17-28/h9-18,20-21,31-32H,19H2,1-8H3/b13-10-,26-9+. The third-order valence-corrected chi connectivity index (χ3v) is 6.61. The Morgan fingerprint density at radius 3 is 2.24 bits per heavy atom. The molecule has 0 aromatic heterocycles. The van der Waals surface area contributed by atoms with Gasteiger partial charge in [-0.15, -0.1) is 0 Å². The van der Waals surface area contributed by atoms with Gasteiger partial charge in [0.15, 0.2) is 0 Å². The molecule has 1 aliphatic rings. The first kappa shape index (κ1) is 24.6. The first-order valence-electron chi connectivity index (χ1n) is 12.1. The third-order valence-electron chi connectivity index (χ3n) is 6.61. The van der Waals surface area contributed by atoms with Crippen LogP contribution in [0.2, 0.25) is 0 Å². The highest BCUT2D eigenvalue weighted by Gasteiger charge is 2.26. The second-order valence-electron chi connectivity index (χ2n) is 9.72. The van der Waals surface area contributed by atoms with Gasteiger partial charge in [-0.05, 0) is 91.1 Å². The van der Waals surface area contributed by atoms with Gasteiger partial charge in [0.25, 0.3) is 0 Å². The fraction of sp³-hybridized carbons (Fsp3) is 0.355. The molecule has 0 bridgehead atoms. The van der Waals surface area contributed by atoms with Gasteiger partial charge in [-0.3, -0.25) is 0 Å². The Labute approximate surface area is 201 Å². The van der Waals surface area contributed by atoms with Crippen LogP contribution < -0.4 is 5.32 Å². The van der Waals surface area contributed by atoms with Crippen LogP contribution >= 0.6 is 0 Å². The summed E-state index contributed by atoms with van der Waals surface area (Å²) >= 11 is 0. The van der Waals surface area contributed by atoms with Crippen molar-refractivity contribution in [3.8, 4) is 0 Å². The number of likely N-dealkylation sites (N-methyl/N-ethyl adjacent to an activating group) is 1. The minimum Gasteiger partial charge on any atom is -0.380 e. The van der Waals surface area contributed by atoms with Crippen molar-refractivity contribution >= 4 is 5.57 Å². The molecular weight excluding hydrogens is 400 g/mol. The SMILES string of the molecule is C/C=C(\C=C/C(C)C)CNC1=CN(C)C(c2ccc(C)c(C)c2)C(c2ccc(C)c(C)c2)=C1. The van der Waals surface area contributed by atoms with E-state index in [2.05, 4.69) is 133 Å². The Morgan fingerprint density at radius 1 is 0.970 bits per heavy atom. The quantitative estimate of drug-likeness (QED) is 0.446. The van der Waals surface area contributed by atoms with Gasteiger partial charge in [-0.2, -0.15) is 0 Å². The van der Waals surface area contributed by atoms with Crippen LogP contribution in [-0.2, 0) is 0 Å². The maximum Gasteiger partial charge on any atom is 0.0794 e. The second kappa shape index (κ2) is 10.7. The lowest BCUT2D eigenvalue weighted by atomic mass is 9.87. The summed E-state index contributed by atoms with van der Waals surface area (Å²) in [6.07, 6.45) is 11.2. The number of allylic oxidation sites excluding steroid dienone is 3. The highest BCUT2D eigenvalue weighted by atomic mass is 15.1. The zero-order chi connectivity index (χ0) is 24.1. The fourth-order valence-corrected chi connectivity index (χ4v) is 4.18. The predicted molar refractivity (Wildman–Crippen MR) is 144 cm³/mol. The molecule has 174 valence electrons. The molecule has 1 atom stereocenters. The van der Waals surface area contributed by atoms with Crippen molar-refractivity contribution in [2.45, 2.75) is 54.5 Å². The van der Waals surface area contributed by atoms with Crippen LogP contribution in [-0.4, -0.2) is 18.5 Å². The second-order valence-corrected chi connectivity index (χ2v) is 9.72. The molecule has 2 aromatic carbocycles. The fourth-order valence-electron chi connectivity index (χ4n) is 4.18. The van der Waals surface area contributed by atoms with E-state index in [1.54, 1.807) is 0 Å². The zero-order valence-electron chi connectivity index (χ0n) is 21.7. The van der Waals surface area contributed by atoms with Gasteiger partial charge >= 0.3 is 0 Å². The van der Waals surface area contributed by atoms with E-state index >= 15 is 0 Å². The van der Waals surface area contributed by atoms with E-state index < -0.39 is 0 Å². The molecule has 0 aliphatic carbocycles. The Hall–Kier alpha value is -3.00. The number of aryl methyl sites for hydroxylation is 4. The van der Waals surface area contributed by atoms with Gasteiger partial charge < -0.3 is 10.2 Å². The van der Waals surface area contributed by atoms with Crippen LogP contribution in [0.5, 0.6) is 0 Å². The molecule has 0 amide bonds. The third kappa shape index (κ3) is 6.07. The lowest BCUT2D eigenvalue weighted by Gasteiger charge is -2.35. The maximum atomic E-state index is 3.67. The summed E-state index contributed by atoms with van der Waals surface area (Å²) in [6, 6.07) is 13.9. The molecule has 1 heterocycles. The molecule has 33 heavy (non-hydrogen) atoms. The normalized spacial score (nSPS) is 16.9. The van der Waals surface area contributed by atoms with Crippen LogP contribution in [0.3, 0.4) is 0 Å². The van der Waals surface area contributed by atoms with Gasteiger partial charge in [0.1, 0.15) is 0 Å². The smallest absolute Gasteiger partial charge is 0.0794 e. The molecule has 0 saturated carbocycles. The number of nitrogens with zero attached hydrogens (tertiary/aromatic N) is 1. The topological polar surface area (TPSA) is 15.3 Å². The van der Waals surface area contributed by atoms with E-state index in [-0.39, 0.29) is 6.04 Å². The van der Waals surface area contributed by atoms with Gasteiger partial charge in [-0.1, -0.05) is 68.5 Å². The summed E-state index contributed by atoms with van der Waals surface area (Å²) in [5.41, 5.74) is 11.7. The summed E-state index contributed by atoms with van der Waals surface area (Å²) in [6.45, 7) is 16.1. The van der Waals surface area contributed by atoms with Crippen molar-refractivity contribution < 1.29 is 0 Å². The van der Waals surface area contributed by atoms with E-state index in [4.69, 9.17) is 0 Å². The lowest BCUT2D eigenvalue weighted by molar-refractivity contribution is 0.394. The molecule has 1 aliphatic heterocycles. The average Bonchev–Trinajstić information content (AvgIpc) is 2.77. The minimum absolute atomic E-state index is 0.180. The highest BCUT2D eigenvalue weighted by Crippen LogP contribution is 2.39. The predicted octanol–water partition coefficient (Wildman–Crippen LogP) is 7.58. The summed E-state index contributed by atoms with van der Waals surface area (Å²) in [7, 11) is 2.19. The number of nitrogens with one attached hydrogen (secondary N) is 1. The first-order valence-corrected chi connectivity index (χ1v) is 12.1. The maximum absolute atomic E-state index is 3.67. The van der Waals surface area contributed by atoms with Gasteiger partial charge in [0.05, 0.1) is 11.7 Å². The van der Waals surface area contributed by atoms with Crippen molar-refractivity contribution in [1.82, 2.24) is 10.2 Å². The van der Waals surface area contributed by atoms with E-state index in [0.717, 1.165) is 12.2 Å². The highest BCUT2D eigenvalue weighted by molar-refractivity contribution is 5.75. The molecule has 3 rings (SSSR count). The molecule has 1 unspecified atom stereocenters. The monoisotopic (exact) mass is 440 g/mol. The Bertz CT molecular complexity index is 1110. The zero-order valence-corrected chi connectivity index (χ0v) is 21.7. The van der Waals surface area contributed by atoms with E-state index in [9.17, 15) is 0 Å². The molecule has 0 fully saturated rings. The lowest BCUT2D eigenvalue weighted by Crippen LogP contribution is -2.28. The van der Waals surface area contributed by atoms with E-state index in [1.165, 1.54) is 44.5 Å². The number of rotatable bonds is 7. The minimum atomic E-state index is 0.180. The van der Waals surface area contributed by atoms with E-state index in [1.807, 2.05) is 0 Å². The van der Waals surface area contributed by atoms with Crippen molar-refractivity contribution in [3.63, 3.8) is 0 Å². The molecule has 0 radical (unpaired) electrons. The van der Waals surface area contributed by atoms with Crippen molar-refractivity contribution in [3.05, 3.63) is 112 Å². The van der Waals surface area contributed by atoms with Gasteiger partial charge in [0.2, 0.25) is 0 Å². The summed E-state index contributed by atoms with van der Waals surface area (Å²) < 4.78 is 0. The van der Waals surface area contributed by atoms with Gasteiger partial charge in [0, 0.05) is 19.8 Å². The molecule has 2 aromatic rings. The molecular formula is C31H40N2. The van der Waals surface area contributed by atoms with Crippen molar-refractivity contribution in [1.29, 1.82) is 0 Å². The summed E-state index contributed by atoms with van der Waals surface area (Å²) in [4.78, 5) is 2.34. The van der Waals surface area contributed by atoms with Crippen molar-refractivity contribution in [2.75, 3.05) is 13.6 Å². The Balaban J connectivity index is 1.98. The number of hydrogen-bond donors (Lipinski definition) is 1. The van der Waals surface area contributed by atoms with Crippen LogP contribution in [0.1, 0.15) is 60.2 Å². The molecule has 0 saturated heterocycles. The van der Waals surface area contributed by atoms with Crippen LogP contribution in [0, 0.1) is 33.6 Å². The molecule has 2 nitrogen and oxygen atoms in total. The molecule has 1 N–H and O–H groups in total. The largest absolute Gasteiger partial charge is 0.380 e. The summed E-state index contributed by atoms with van der Waals surface area (Å²) in [5.74, 6) is 0.551. The van der Waals surface area contributed by atoms with E-state index in [0.29, 0.717) is 5.92 Å². The molecule has 2 heteroatoms. The van der Waals surface area contributed by atoms with Crippen molar-refractivity contribution in [2.24, 2.45) is 5.92 Å². The van der Waals surface area contributed by atoms with Crippen LogP contribution in [0.25, 0.3) is 5.57 Å². The average molecular weight is 441 g/mol. The first-order chi connectivity index (χ1) is 15.7. The van der Waals surface area contributed by atoms with Crippen LogP contribution in [0.15, 0.2) is 78.2 Å². The van der Waals surface area contributed by atoms with Crippen LogP contribution in [0.4, 0.5) is 0 Å². The summed E-state index contributed by atoms with van der Waals surface area (Å²) in [5, 5.41) is 3.67. The molecule has 0 spiro atoms. The number of hydrogen-bond acceptors (Lipinski definition) is 2. The Kier molecular flexibility index (Phi) is 8.02.